The van der Waals surface area contributed by atoms with Crippen molar-refractivity contribution in [1.82, 2.24) is 20.0 Å². The van der Waals surface area contributed by atoms with E-state index in [-0.39, 0.29) is 12.1 Å². The molecule has 1 aliphatic rings. The molecule has 1 saturated carbocycles. The molecule has 184 valence electrons. The van der Waals surface area contributed by atoms with E-state index in [1.165, 1.54) is 12.8 Å². The van der Waals surface area contributed by atoms with Crippen molar-refractivity contribution < 1.29 is 5.11 Å². The first-order chi connectivity index (χ1) is 15.7. The summed E-state index contributed by atoms with van der Waals surface area (Å²) in [6.45, 7) is 9.79. The standard InChI is InChI=1S/C25H40ClN5O2/c1-7-30(20-11-9-19(10-12-20)29(5)6)23-14-18(26)13-21(16(23)3)24(32)27-15-22-17(4)28-31(8-2)25(22)33/h13-14,19-20,24,27-28,32H,7-12,15H2,1-6H3/t19-,20-,24?. The Hall–Kier alpha value is -1.80. The van der Waals surface area contributed by atoms with Gasteiger partial charge in [-0.25, -0.2) is 0 Å². The van der Waals surface area contributed by atoms with Crippen LogP contribution in [0.1, 0.15) is 68.1 Å². The monoisotopic (exact) mass is 477 g/mol. The highest BCUT2D eigenvalue weighted by molar-refractivity contribution is 6.31. The van der Waals surface area contributed by atoms with Crippen LogP contribution in [0.4, 0.5) is 5.69 Å². The summed E-state index contributed by atoms with van der Waals surface area (Å²) in [5.74, 6) is 0. The molecule has 33 heavy (non-hydrogen) atoms. The maximum Gasteiger partial charge on any atom is 0.271 e. The van der Waals surface area contributed by atoms with Crippen molar-refractivity contribution in [3.8, 4) is 0 Å². The van der Waals surface area contributed by atoms with Crippen LogP contribution in [0.25, 0.3) is 0 Å². The number of H-pyrrole nitrogens is 1. The van der Waals surface area contributed by atoms with E-state index in [1.54, 1.807) is 4.68 Å². The third kappa shape index (κ3) is 5.65. The summed E-state index contributed by atoms with van der Waals surface area (Å²) in [6.07, 6.45) is 3.76. The maximum atomic E-state index is 12.5. The van der Waals surface area contributed by atoms with Crippen LogP contribution in [0.2, 0.25) is 5.02 Å². The average molecular weight is 478 g/mol. The number of anilines is 1. The summed E-state index contributed by atoms with van der Waals surface area (Å²) in [7, 11) is 4.33. The third-order valence-corrected chi connectivity index (χ3v) is 7.43. The molecule has 3 N–H and O–H groups in total. The second-order valence-electron chi connectivity index (χ2n) is 9.40. The van der Waals surface area contributed by atoms with Crippen molar-refractivity contribution in [2.75, 3.05) is 25.5 Å². The molecule has 0 aliphatic heterocycles. The summed E-state index contributed by atoms with van der Waals surface area (Å²) in [5.41, 5.74) is 4.26. The zero-order valence-corrected chi connectivity index (χ0v) is 21.7. The van der Waals surface area contributed by atoms with Crippen molar-refractivity contribution in [2.45, 2.75) is 84.8 Å². The minimum absolute atomic E-state index is 0.0521. The molecular formula is C25H40ClN5O2. The van der Waals surface area contributed by atoms with Crippen LogP contribution < -0.4 is 15.8 Å². The Morgan fingerprint density at radius 3 is 2.36 bits per heavy atom. The van der Waals surface area contributed by atoms with E-state index in [9.17, 15) is 9.90 Å². The number of aromatic amines is 1. The largest absolute Gasteiger partial charge is 0.374 e. The Morgan fingerprint density at radius 2 is 1.82 bits per heavy atom. The number of benzene rings is 1. The fraction of sp³-hybridized carbons (Fsp3) is 0.640. The molecule has 0 bridgehead atoms. The van der Waals surface area contributed by atoms with Crippen LogP contribution in [0.15, 0.2) is 16.9 Å². The van der Waals surface area contributed by atoms with Gasteiger partial charge < -0.3 is 14.9 Å². The van der Waals surface area contributed by atoms with Crippen LogP contribution in [-0.2, 0) is 13.1 Å². The molecular weight excluding hydrogens is 438 g/mol. The highest BCUT2D eigenvalue weighted by Gasteiger charge is 2.28. The number of rotatable bonds is 9. The van der Waals surface area contributed by atoms with Gasteiger partial charge in [-0.1, -0.05) is 11.6 Å². The minimum Gasteiger partial charge on any atom is -0.374 e. The Balaban J connectivity index is 1.80. The van der Waals surface area contributed by atoms with Crippen molar-refractivity contribution in [1.29, 1.82) is 0 Å². The summed E-state index contributed by atoms with van der Waals surface area (Å²) in [4.78, 5) is 17.3. The predicted octanol–water partition coefficient (Wildman–Crippen LogP) is 3.95. The number of nitrogens with one attached hydrogen (secondary N) is 2. The molecule has 1 aliphatic carbocycles. The number of nitrogens with zero attached hydrogens (tertiary/aromatic N) is 3. The number of aliphatic hydroxyl groups is 1. The smallest absolute Gasteiger partial charge is 0.271 e. The second kappa shape index (κ2) is 11.1. The lowest BCUT2D eigenvalue weighted by atomic mass is 9.88. The molecule has 3 rings (SSSR count). The normalized spacial score (nSPS) is 19.8. The van der Waals surface area contributed by atoms with Crippen LogP contribution in [-0.4, -0.2) is 52.5 Å². The fourth-order valence-electron chi connectivity index (χ4n) is 5.16. The van der Waals surface area contributed by atoms with E-state index in [0.29, 0.717) is 29.2 Å². The molecule has 0 amide bonds. The number of aliphatic hydroxyl groups excluding tert-OH is 1. The van der Waals surface area contributed by atoms with E-state index in [1.807, 2.05) is 32.9 Å². The molecule has 7 nitrogen and oxygen atoms in total. The minimum atomic E-state index is -0.922. The first kappa shape index (κ1) is 25.8. The molecule has 0 spiro atoms. The number of hydrogen-bond acceptors (Lipinski definition) is 5. The fourth-order valence-corrected chi connectivity index (χ4v) is 5.38. The zero-order chi connectivity index (χ0) is 24.3. The Morgan fingerprint density at radius 1 is 1.18 bits per heavy atom. The van der Waals surface area contributed by atoms with Crippen LogP contribution >= 0.6 is 11.6 Å². The van der Waals surface area contributed by atoms with Gasteiger partial charge in [0.25, 0.3) is 5.56 Å². The Bertz CT molecular complexity index is 991. The van der Waals surface area contributed by atoms with E-state index >= 15 is 0 Å². The summed E-state index contributed by atoms with van der Waals surface area (Å²) < 4.78 is 1.58. The lowest BCUT2D eigenvalue weighted by Gasteiger charge is -2.40. The first-order valence-electron chi connectivity index (χ1n) is 12.1. The van der Waals surface area contributed by atoms with Gasteiger partial charge in [0.2, 0.25) is 0 Å². The molecule has 1 unspecified atom stereocenters. The lowest BCUT2D eigenvalue weighted by Crippen LogP contribution is -2.42. The highest BCUT2D eigenvalue weighted by atomic mass is 35.5. The topological polar surface area (TPSA) is 76.5 Å². The summed E-state index contributed by atoms with van der Waals surface area (Å²) >= 11 is 6.53. The Labute approximate surface area is 202 Å². The van der Waals surface area contributed by atoms with E-state index in [2.05, 4.69) is 41.2 Å². The average Bonchev–Trinajstić information content (AvgIpc) is 3.07. The number of aromatic nitrogens is 2. The molecule has 0 saturated heterocycles. The van der Waals surface area contributed by atoms with Crippen molar-refractivity contribution in [3.63, 3.8) is 0 Å². The highest BCUT2D eigenvalue weighted by Crippen LogP contribution is 2.35. The van der Waals surface area contributed by atoms with Crippen LogP contribution in [0.3, 0.4) is 0 Å². The Kier molecular flexibility index (Phi) is 8.67. The molecule has 0 radical (unpaired) electrons. The van der Waals surface area contributed by atoms with Crippen molar-refractivity contribution in [2.24, 2.45) is 0 Å². The second-order valence-corrected chi connectivity index (χ2v) is 9.84. The number of hydrogen-bond donors (Lipinski definition) is 3. The molecule has 1 aromatic heterocycles. The van der Waals surface area contributed by atoms with E-state index in [4.69, 9.17) is 11.6 Å². The van der Waals surface area contributed by atoms with Crippen molar-refractivity contribution >= 4 is 17.3 Å². The van der Waals surface area contributed by atoms with Gasteiger partial charge in [-0.2, -0.15) is 0 Å². The summed E-state index contributed by atoms with van der Waals surface area (Å²) in [5, 5.41) is 17.8. The zero-order valence-electron chi connectivity index (χ0n) is 20.9. The van der Waals surface area contributed by atoms with Gasteiger partial charge in [0.1, 0.15) is 6.23 Å². The van der Waals surface area contributed by atoms with Gasteiger partial charge in [-0.05, 0) is 85.2 Å². The van der Waals surface area contributed by atoms with Gasteiger partial charge in [-0.3, -0.25) is 19.9 Å². The molecule has 1 fully saturated rings. The van der Waals surface area contributed by atoms with Crippen LogP contribution in [0, 0.1) is 13.8 Å². The third-order valence-electron chi connectivity index (χ3n) is 7.21. The van der Waals surface area contributed by atoms with Gasteiger partial charge in [0.05, 0.1) is 5.56 Å². The SMILES string of the molecule is CCn1[nH]c(C)c(CNC(O)c2cc(Cl)cc(N(CC)[C@H]3CC[C@H](N(C)C)CC3)c2C)c1=O. The van der Waals surface area contributed by atoms with Crippen LogP contribution in [0.5, 0.6) is 0 Å². The van der Waals surface area contributed by atoms with Gasteiger partial charge in [-0.15, -0.1) is 0 Å². The van der Waals surface area contributed by atoms with Gasteiger partial charge in [0, 0.05) is 53.7 Å². The molecule has 1 atom stereocenters. The molecule has 1 aromatic carbocycles. The van der Waals surface area contributed by atoms with Gasteiger partial charge >= 0.3 is 0 Å². The summed E-state index contributed by atoms with van der Waals surface area (Å²) in [6, 6.07) is 4.96. The number of aryl methyl sites for hydroxylation is 2. The van der Waals surface area contributed by atoms with E-state index in [0.717, 1.165) is 41.9 Å². The molecule has 8 heteroatoms. The number of halogens is 1. The molecule has 2 aromatic rings. The molecule has 1 heterocycles. The first-order valence-corrected chi connectivity index (χ1v) is 12.5. The van der Waals surface area contributed by atoms with E-state index < -0.39 is 6.23 Å². The van der Waals surface area contributed by atoms with Crippen molar-refractivity contribution in [3.05, 3.63) is 49.9 Å². The predicted molar refractivity (Wildman–Crippen MR) is 136 cm³/mol. The quantitative estimate of drug-likeness (QED) is 0.477. The maximum absolute atomic E-state index is 12.5. The van der Waals surface area contributed by atoms with Gasteiger partial charge in [0.15, 0.2) is 0 Å². The lowest BCUT2D eigenvalue weighted by molar-refractivity contribution is 0.136.